The van der Waals surface area contributed by atoms with Crippen molar-refractivity contribution >= 4 is 40.3 Å². The number of hydrogen-bond acceptors (Lipinski definition) is 8. The normalized spacial score (nSPS) is 14.2. The van der Waals surface area contributed by atoms with E-state index in [1.54, 1.807) is 18.2 Å². The van der Waals surface area contributed by atoms with Gasteiger partial charge in [0.15, 0.2) is 0 Å². The molecule has 4 aromatic rings. The number of benzene rings is 1. The first kappa shape index (κ1) is 25.7. The number of aromatic nitrogens is 1. The predicted molar refractivity (Wildman–Crippen MR) is 146 cm³/mol. The summed E-state index contributed by atoms with van der Waals surface area (Å²) in [6, 6.07) is 8.18. The molecule has 3 heterocycles. The summed E-state index contributed by atoms with van der Waals surface area (Å²) in [5.41, 5.74) is 0.738. The van der Waals surface area contributed by atoms with Crippen LogP contribution in [0.25, 0.3) is 0 Å². The van der Waals surface area contributed by atoms with Gasteiger partial charge in [0, 0.05) is 22.3 Å². The fraction of sp³-hybridized carbons (Fsp3) is 0.286. The molecule has 3 N–H and O–H groups in total. The Morgan fingerprint density at radius 3 is 2.50 bits per heavy atom. The smallest absolute Gasteiger partial charge is 0.261 e. The summed E-state index contributed by atoms with van der Waals surface area (Å²) in [4.78, 5) is 44.5. The van der Waals surface area contributed by atoms with E-state index in [4.69, 9.17) is 16.0 Å². The van der Waals surface area contributed by atoms with Crippen LogP contribution in [0.2, 0.25) is 5.02 Å². The molecule has 0 spiro atoms. The third kappa shape index (κ3) is 4.27. The van der Waals surface area contributed by atoms with E-state index < -0.39 is 16.9 Å². The second-order valence-electron chi connectivity index (χ2n) is 10.4. The van der Waals surface area contributed by atoms with E-state index in [0.717, 1.165) is 5.76 Å². The van der Waals surface area contributed by atoms with Gasteiger partial charge < -0.3 is 25.1 Å². The number of hydrogen-bond donors (Lipinski definition) is 3. The average molecular weight is 535 g/mol. The lowest BCUT2D eigenvalue weighted by molar-refractivity contribution is 0.0997. The fourth-order valence-corrected chi connectivity index (χ4v) is 4.94. The summed E-state index contributed by atoms with van der Waals surface area (Å²) in [5.74, 6) is 1.01. The van der Waals surface area contributed by atoms with Crippen LogP contribution in [0, 0.1) is 12.3 Å². The van der Waals surface area contributed by atoms with Crippen LogP contribution in [0.5, 0.6) is 0 Å². The minimum absolute atomic E-state index is 0.0701. The van der Waals surface area contributed by atoms with Crippen LogP contribution in [0.4, 0.5) is 22.7 Å². The average Bonchev–Trinajstić information content (AvgIpc) is 3.47. The fourth-order valence-electron chi connectivity index (χ4n) is 4.73. The molecule has 1 atom stereocenters. The molecule has 196 valence electrons. The van der Waals surface area contributed by atoms with Crippen molar-refractivity contribution in [1.82, 2.24) is 4.98 Å². The van der Waals surface area contributed by atoms with Crippen molar-refractivity contribution in [3.8, 4) is 0 Å². The zero-order valence-electron chi connectivity index (χ0n) is 21.4. The molecule has 0 aliphatic carbocycles. The third-order valence-electron chi connectivity index (χ3n) is 6.75. The van der Waals surface area contributed by atoms with E-state index in [9.17, 15) is 19.5 Å². The molecule has 0 unspecified atom stereocenters. The van der Waals surface area contributed by atoms with Crippen molar-refractivity contribution < 1.29 is 14.3 Å². The number of nitrogens with zero attached hydrogens (tertiary/aromatic N) is 2. The Labute approximate surface area is 223 Å². The number of furan rings is 1. The largest absolute Gasteiger partial charge is 0.464 e. The number of anilines is 4. The Morgan fingerprint density at radius 2 is 1.84 bits per heavy atom. The first-order chi connectivity index (χ1) is 18.0. The summed E-state index contributed by atoms with van der Waals surface area (Å²) in [5, 5.41) is 16.4. The first-order valence-electron chi connectivity index (χ1n) is 12.1. The molecule has 0 bridgehead atoms. The van der Waals surface area contributed by atoms with Crippen molar-refractivity contribution in [1.29, 1.82) is 0 Å². The highest BCUT2D eigenvalue weighted by molar-refractivity contribution is 6.33. The van der Waals surface area contributed by atoms with Gasteiger partial charge in [-0.3, -0.25) is 19.4 Å². The molecular formula is C28H27ClN4O5. The summed E-state index contributed by atoms with van der Waals surface area (Å²) in [6.45, 7) is 7.74. The second kappa shape index (κ2) is 9.41. The second-order valence-corrected chi connectivity index (χ2v) is 10.8. The van der Waals surface area contributed by atoms with Gasteiger partial charge >= 0.3 is 0 Å². The maximum absolute atomic E-state index is 13.6. The molecule has 2 aromatic heterocycles. The number of aliphatic hydroxyl groups excluding tert-OH is 1. The quantitative estimate of drug-likeness (QED) is 0.288. The van der Waals surface area contributed by atoms with Crippen LogP contribution in [0.3, 0.4) is 0 Å². The van der Waals surface area contributed by atoms with Crippen LogP contribution in [0.15, 0.2) is 56.7 Å². The van der Waals surface area contributed by atoms with Crippen molar-refractivity contribution in [2.75, 3.05) is 15.5 Å². The van der Waals surface area contributed by atoms with Gasteiger partial charge in [0.05, 0.1) is 42.3 Å². The van der Waals surface area contributed by atoms with Gasteiger partial charge in [-0.2, -0.15) is 0 Å². The highest BCUT2D eigenvalue weighted by atomic mass is 35.5. The SMILES string of the molecule is Cc1ccc([C@H](Nc2c(Nc3ccc(Cl)c4c3C(=O)N(c3cnccc3CO)C4)c(=O)c2=O)C(C)(C)C)o1. The van der Waals surface area contributed by atoms with E-state index in [-0.39, 0.29) is 35.8 Å². The van der Waals surface area contributed by atoms with Crippen molar-refractivity contribution in [3.63, 3.8) is 0 Å². The summed E-state index contributed by atoms with van der Waals surface area (Å²) in [6.07, 6.45) is 3.05. The third-order valence-corrected chi connectivity index (χ3v) is 7.10. The molecule has 0 radical (unpaired) electrons. The Hall–Kier alpha value is -3.95. The molecule has 9 nitrogen and oxygen atoms in total. The zero-order valence-corrected chi connectivity index (χ0v) is 22.1. The number of halogens is 1. The molecule has 0 saturated heterocycles. The number of nitrogens with one attached hydrogen (secondary N) is 2. The molecule has 2 aromatic carbocycles. The van der Waals surface area contributed by atoms with Crippen molar-refractivity contribution in [3.05, 3.63) is 96.4 Å². The first-order valence-corrected chi connectivity index (χ1v) is 12.5. The van der Waals surface area contributed by atoms with Crippen molar-refractivity contribution in [2.24, 2.45) is 5.41 Å². The van der Waals surface area contributed by atoms with Crippen LogP contribution in [-0.2, 0) is 13.2 Å². The zero-order chi connectivity index (χ0) is 27.4. The van der Waals surface area contributed by atoms with Crippen LogP contribution in [-0.4, -0.2) is 16.0 Å². The number of aryl methyl sites for hydroxylation is 1. The maximum Gasteiger partial charge on any atom is 0.261 e. The van der Waals surface area contributed by atoms with E-state index >= 15 is 0 Å². The van der Waals surface area contributed by atoms with Gasteiger partial charge in [0.25, 0.3) is 16.8 Å². The van der Waals surface area contributed by atoms with E-state index in [1.165, 1.54) is 17.3 Å². The molecule has 0 saturated carbocycles. The number of pyridine rings is 1. The van der Waals surface area contributed by atoms with Crippen LogP contribution >= 0.6 is 11.6 Å². The van der Waals surface area contributed by atoms with Gasteiger partial charge in [0.2, 0.25) is 0 Å². The molecule has 5 rings (SSSR count). The van der Waals surface area contributed by atoms with Gasteiger partial charge in [-0.15, -0.1) is 0 Å². The number of carbonyl (C=O) groups excluding carboxylic acids is 1. The maximum atomic E-state index is 13.6. The van der Waals surface area contributed by atoms with Gasteiger partial charge in [-0.05, 0) is 42.7 Å². The number of rotatable bonds is 7. The summed E-state index contributed by atoms with van der Waals surface area (Å²) >= 11 is 6.46. The lowest BCUT2D eigenvalue weighted by atomic mass is 9.85. The minimum atomic E-state index is -0.684. The Morgan fingerprint density at radius 1 is 1.11 bits per heavy atom. The van der Waals surface area contributed by atoms with Crippen LogP contribution in [0.1, 0.15) is 59.8 Å². The molecule has 1 aliphatic rings. The topological polar surface area (TPSA) is 125 Å². The van der Waals surface area contributed by atoms with Crippen molar-refractivity contribution in [2.45, 2.75) is 46.9 Å². The highest BCUT2D eigenvalue weighted by Gasteiger charge is 2.36. The number of amides is 1. The summed E-state index contributed by atoms with van der Waals surface area (Å²) in [7, 11) is 0. The predicted octanol–water partition coefficient (Wildman–Crippen LogP) is 4.83. The monoisotopic (exact) mass is 534 g/mol. The standard InChI is InChI=1S/C28H27ClN4O5/c1-14-5-8-20(38-14)26(28(2,3)4)32-23-22(24(35)25(23)36)31-18-7-6-17(29)16-12-33(27(37)21(16)18)19-11-30-10-9-15(19)13-34/h5-11,26,31-32,34H,12-13H2,1-4H3/t26-/m0/s1. The van der Waals surface area contributed by atoms with Gasteiger partial charge in [0.1, 0.15) is 22.9 Å². The van der Waals surface area contributed by atoms with Gasteiger partial charge in [-0.25, -0.2) is 0 Å². The lowest BCUT2D eigenvalue weighted by Crippen LogP contribution is -2.39. The number of carbonyl (C=O) groups is 1. The molecule has 38 heavy (non-hydrogen) atoms. The Bertz CT molecular complexity index is 1630. The molecule has 0 fully saturated rings. The number of aliphatic hydroxyl groups is 1. The van der Waals surface area contributed by atoms with E-state index in [1.807, 2.05) is 39.8 Å². The van der Waals surface area contributed by atoms with E-state index in [2.05, 4.69) is 15.6 Å². The minimum Gasteiger partial charge on any atom is -0.464 e. The Kier molecular flexibility index (Phi) is 6.36. The van der Waals surface area contributed by atoms with Gasteiger partial charge in [-0.1, -0.05) is 32.4 Å². The number of fused-ring (bicyclic) bond motifs is 1. The van der Waals surface area contributed by atoms with Crippen LogP contribution < -0.4 is 26.4 Å². The molecule has 1 amide bonds. The summed E-state index contributed by atoms with van der Waals surface area (Å²) < 4.78 is 5.83. The van der Waals surface area contributed by atoms with E-state index in [0.29, 0.717) is 38.8 Å². The highest BCUT2D eigenvalue weighted by Crippen LogP contribution is 2.41. The lowest BCUT2D eigenvalue weighted by Gasteiger charge is -2.31. The Balaban J connectivity index is 1.50. The molecule has 10 heteroatoms. The molecular weight excluding hydrogens is 508 g/mol. The molecule has 1 aliphatic heterocycles.